The highest BCUT2D eigenvalue weighted by Crippen LogP contribution is 2.25. The molecule has 3 unspecified atom stereocenters. The largest absolute Gasteiger partial charge is 0.467 e. The zero-order chi connectivity index (χ0) is 13.4. The monoisotopic (exact) mass is 254 g/mol. The van der Waals surface area contributed by atoms with Gasteiger partial charge in [-0.05, 0) is 31.1 Å². The van der Waals surface area contributed by atoms with Gasteiger partial charge in [0.05, 0.1) is 13.7 Å². The first kappa shape index (κ1) is 15.2. The molecule has 0 aromatic carbocycles. The number of unbranched alkanes of at least 4 members (excludes halogenated alkanes) is 1. The first-order valence-corrected chi connectivity index (χ1v) is 7.03. The van der Waals surface area contributed by atoms with Crippen LogP contribution in [0.15, 0.2) is 12.2 Å². The molecular weight excluding hydrogens is 228 g/mol. The number of carbonyl (C=O) groups excluding carboxylic acids is 1. The predicted molar refractivity (Wildman–Crippen MR) is 72.3 cm³/mol. The lowest BCUT2D eigenvalue weighted by molar-refractivity contribution is -0.156. The van der Waals surface area contributed by atoms with Crippen molar-refractivity contribution in [2.45, 2.75) is 52.1 Å². The maximum atomic E-state index is 11.6. The van der Waals surface area contributed by atoms with Crippen molar-refractivity contribution in [2.24, 2.45) is 11.8 Å². The van der Waals surface area contributed by atoms with E-state index in [0.717, 1.165) is 32.1 Å². The minimum absolute atomic E-state index is 0.234. The number of carbonyl (C=O) groups is 1. The fraction of sp³-hybridized carbons (Fsp3) is 0.800. The van der Waals surface area contributed by atoms with Gasteiger partial charge in [-0.25, -0.2) is 4.79 Å². The molecule has 0 saturated carbocycles. The van der Waals surface area contributed by atoms with Crippen molar-refractivity contribution < 1.29 is 14.3 Å². The fourth-order valence-electron chi connectivity index (χ4n) is 2.27. The molecule has 0 aromatic rings. The van der Waals surface area contributed by atoms with Gasteiger partial charge in [0.1, 0.15) is 0 Å². The standard InChI is InChI=1S/C15H26O3/c1-4-5-10-14(15(16)17-3)18-11-13-9-7-6-8-12(13)2/h6-7,12-14H,4-5,8-11H2,1-3H3. The second-order valence-corrected chi connectivity index (χ2v) is 5.17. The molecule has 0 heterocycles. The third-order valence-electron chi connectivity index (χ3n) is 3.71. The molecule has 3 heteroatoms. The normalized spacial score (nSPS) is 24.8. The summed E-state index contributed by atoms with van der Waals surface area (Å²) in [6.45, 7) is 5.02. The summed E-state index contributed by atoms with van der Waals surface area (Å²) in [6, 6.07) is 0. The molecule has 0 aromatic heterocycles. The SMILES string of the molecule is CCCCC(OCC1CC=CCC1C)C(=O)OC. The maximum Gasteiger partial charge on any atom is 0.334 e. The quantitative estimate of drug-likeness (QED) is 0.516. The molecule has 1 aliphatic carbocycles. The number of rotatable bonds is 7. The Morgan fingerprint density at radius 2 is 2.11 bits per heavy atom. The summed E-state index contributed by atoms with van der Waals surface area (Å²) in [7, 11) is 1.43. The van der Waals surface area contributed by atoms with Gasteiger partial charge in [0.25, 0.3) is 0 Å². The number of allylic oxidation sites excluding steroid dienone is 2. The predicted octanol–water partition coefficient (Wildman–Crippen LogP) is 3.34. The fourth-order valence-corrected chi connectivity index (χ4v) is 2.27. The van der Waals surface area contributed by atoms with E-state index >= 15 is 0 Å². The van der Waals surface area contributed by atoms with Gasteiger partial charge in [-0.15, -0.1) is 0 Å². The highest BCUT2D eigenvalue weighted by Gasteiger charge is 2.24. The van der Waals surface area contributed by atoms with Gasteiger partial charge in [0.2, 0.25) is 0 Å². The van der Waals surface area contributed by atoms with E-state index in [9.17, 15) is 4.79 Å². The van der Waals surface area contributed by atoms with Crippen LogP contribution in [0.2, 0.25) is 0 Å². The van der Waals surface area contributed by atoms with E-state index < -0.39 is 0 Å². The van der Waals surface area contributed by atoms with Crippen LogP contribution in [0.3, 0.4) is 0 Å². The van der Waals surface area contributed by atoms with Crippen molar-refractivity contribution in [3.63, 3.8) is 0 Å². The number of hydrogen-bond donors (Lipinski definition) is 0. The van der Waals surface area contributed by atoms with Crippen LogP contribution in [-0.4, -0.2) is 25.8 Å². The summed E-state index contributed by atoms with van der Waals surface area (Å²) in [4.78, 5) is 11.6. The summed E-state index contributed by atoms with van der Waals surface area (Å²) in [5.41, 5.74) is 0. The van der Waals surface area contributed by atoms with Crippen molar-refractivity contribution in [3.8, 4) is 0 Å². The van der Waals surface area contributed by atoms with Crippen molar-refractivity contribution in [3.05, 3.63) is 12.2 Å². The van der Waals surface area contributed by atoms with Gasteiger partial charge in [0.15, 0.2) is 6.10 Å². The number of esters is 1. The first-order chi connectivity index (χ1) is 8.69. The van der Waals surface area contributed by atoms with E-state index in [1.807, 2.05) is 0 Å². The third-order valence-corrected chi connectivity index (χ3v) is 3.71. The van der Waals surface area contributed by atoms with Crippen LogP contribution in [0, 0.1) is 11.8 Å². The molecule has 0 radical (unpaired) electrons. The Balaban J connectivity index is 2.40. The molecule has 0 N–H and O–H groups in total. The average molecular weight is 254 g/mol. The van der Waals surface area contributed by atoms with Crippen LogP contribution >= 0.6 is 0 Å². The maximum absolute atomic E-state index is 11.6. The second kappa shape index (κ2) is 8.30. The molecule has 3 nitrogen and oxygen atoms in total. The lowest BCUT2D eigenvalue weighted by Crippen LogP contribution is -2.30. The van der Waals surface area contributed by atoms with E-state index in [2.05, 4.69) is 26.0 Å². The van der Waals surface area contributed by atoms with Crippen molar-refractivity contribution >= 4 is 5.97 Å². The van der Waals surface area contributed by atoms with E-state index in [4.69, 9.17) is 9.47 Å². The number of hydrogen-bond acceptors (Lipinski definition) is 3. The molecule has 0 spiro atoms. The highest BCUT2D eigenvalue weighted by molar-refractivity contribution is 5.74. The molecule has 3 atom stereocenters. The van der Waals surface area contributed by atoms with Gasteiger partial charge < -0.3 is 9.47 Å². The Labute approximate surface area is 111 Å². The lowest BCUT2D eigenvalue weighted by atomic mass is 9.85. The summed E-state index contributed by atoms with van der Waals surface area (Å²) in [6.07, 6.45) is 9.07. The van der Waals surface area contributed by atoms with Gasteiger partial charge in [-0.2, -0.15) is 0 Å². The summed E-state index contributed by atoms with van der Waals surface area (Å²) in [5, 5.41) is 0. The van der Waals surface area contributed by atoms with E-state index in [-0.39, 0.29) is 12.1 Å². The van der Waals surface area contributed by atoms with Crippen molar-refractivity contribution in [1.29, 1.82) is 0 Å². The number of ether oxygens (including phenoxy) is 2. The second-order valence-electron chi connectivity index (χ2n) is 5.17. The zero-order valence-electron chi connectivity index (χ0n) is 11.9. The highest BCUT2D eigenvalue weighted by atomic mass is 16.6. The summed E-state index contributed by atoms with van der Waals surface area (Å²) in [5.74, 6) is 0.936. The molecule has 1 aliphatic rings. The van der Waals surface area contributed by atoms with E-state index in [1.165, 1.54) is 7.11 Å². The summed E-state index contributed by atoms with van der Waals surface area (Å²) < 4.78 is 10.6. The van der Waals surface area contributed by atoms with Crippen molar-refractivity contribution in [2.75, 3.05) is 13.7 Å². The topological polar surface area (TPSA) is 35.5 Å². The Bertz CT molecular complexity index is 273. The molecule has 0 saturated heterocycles. The smallest absolute Gasteiger partial charge is 0.334 e. The van der Waals surface area contributed by atoms with E-state index in [0.29, 0.717) is 18.4 Å². The van der Waals surface area contributed by atoms with Gasteiger partial charge >= 0.3 is 5.97 Å². The van der Waals surface area contributed by atoms with Gasteiger partial charge in [-0.1, -0.05) is 38.8 Å². The molecule has 0 aliphatic heterocycles. The summed E-state index contributed by atoms with van der Waals surface area (Å²) >= 11 is 0. The van der Waals surface area contributed by atoms with Crippen LogP contribution in [0.4, 0.5) is 0 Å². The van der Waals surface area contributed by atoms with Crippen LogP contribution in [0.5, 0.6) is 0 Å². The minimum atomic E-state index is -0.381. The third kappa shape index (κ3) is 4.81. The van der Waals surface area contributed by atoms with Crippen molar-refractivity contribution in [1.82, 2.24) is 0 Å². The minimum Gasteiger partial charge on any atom is -0.467 e. The van der Waals surface area contributed by atoms with E-state index in [1.54, 1.807) is 0 Å². The van der Waals surface area contributed by atoms with Crippen LogP contribution in [0.1, 0.15) is 46.0 Å². The van der Waals surface area contributed by atoms with Gasteiger partial charge in [-0.3, -0.25) is 0 Å². The Morgan fingerprint density at radius 1 is 1.39 bits per heavy atom. The molecular formula is C15H26O3. The Morgan fingerprint density at radius 3 is 2.72 bits per heavy atom. The number of methoxy groups -OCH3 is 1. The lowest BCUT2D eigenvalue weighted by Gasteiger charge is -2.26. The molecule has 104 valence electrons. The Kier molecular flexibility index (Phi) is 7.02. The molecule has 1 rings (SSSR count). The Hall–Kier alpha value is -0.830. The van der Waals surface area contributed by atoms with Crippen LogP contribution < -0.4 is 0 Å². The van der Waals surface area contributed by atoms with Gasteiger partial charge in [0, 0.05) is 0 Å². The molecule has 0 fully saturated rings. The zero-order valence-corrected chi connectivity index (χ0v) is 11.9. The molecule has 18 heavy (non-hydrogen) atoms. The van der Waals surface area contributed by atoms with Crippen LogP contribution in [-0.2, 0) is 14.3 Å². The molecule has 0 amide bonds. The average Bonchev–Trinajstić information content (AvgIpc) is 2.40. The first-order valence-electron chi connectivity index (χ1n) is 7.03. The molecule has 0 bridgehead atoms. The van der Waals surface area contributed by atoms with Crippen LogP contribution in [0.25, 0.3) is 0 Å².